The lowest BCUT2D eigenvalue weighted by molar-refractivity contribution is 0.596. The Kier molecular flexibility index (Phi) is 4.79. The van der Waals surface area contributed by atoms with Gasteiger partial charge in [0.1, 0.15) is 6.07 Å². The van der Waals surface area contributed by atoms with E-state index in [0.717, 1.165) is 16.9 Å². The minimum atomic E-state index is -3.88. The van der Waals surface area contributed by atoms with E-state index in [1.807, 2.05) is 48.0 Å². The number of nitrogens with zero attached hydrogens (tertiary/aromatic N) is 3. The van der Waals surface area contributed by atoms with Crippen molar-refractivity contribution in [3.05, 3.63) is 84.3 Å². The van der Waals surface area contributed by atoms with Crippen LogP contribution in [-0.2, 0) is 16.4 Å². The molecule has 0 aliphatic heterocycles. The lowest BCUT2D eigenvalue weighted by atomic mass is 10.2. The molecule has 4 aromatic rings. The van der Waals surface area contributed by atoms with Crippen molar-refractivity contribution in [2.45, 2.75) is 16.3 Å². The van der Waals surface area contributed by atoms with Crippen LogP contribution >= 0.6 is 0 Å². The van der Waals surface area contributed by atoms with Gasteiger partial charge in [-0.2, -0.15) is 5.26 Å². The molecule has 0 aliphatic carbocycles. The maximum absolute atomic E-state index is 13.5. The molecule has 7 heteroatoms. The molecule has 4 rings (SSSR count). The average Bonchev–Trinajstić information content (AvgIpc) is 3.12. The Bertz CT molecular complexity index is 1340. The fraction of sp³-hybridized carbons (Fsp3) is 0.0909. The third-order valence-electron chi connectivity index (χ3n) is 4.78. The highest BCUT2D eigenvalue weighted by Crippen LogP contribution is 2.33. The highest BCUT2D eigenvalue weighted by atomic mass is 32.2. The molecule has 0 atom stereocenters. The van der Waals surface area contributed by atoms with Crippen LogP contribution in [0.2, 0.25) is 0 Å². The normalized spacial score (nSPS) is 11.3. The van der Waals surface area contributed by atoms with Crippen LogP contribution in [0.15, 0.2) is 82.8 Å². The van der Waals surface area contributed by atoms with Crippen molar-refractivity contribution in [1.29, 1.82) is 5.26 Å². The smallest absolute Gasteiger partial charge is 0.210 e. The first-order chi connectivity index (χ1) is 14.0. The predicted molar refractivity (Wildman–Crippen MR) is 111 cm³/mol. The predicted octanol–water partition coefficient (Wildman–Crippen LogP) is 3.83. The van der Waals surface area contributed by atoms with Gasteiger partial charge in [0.15, 0.2) is 0 Å². The van der Waals surface area contributed by atoms with Crippen LogP contribution in [-0.4, -0.2) is 25.0 Å². The minimum absolute atomic E-state index is 0.0112. The largest absolute Gasteiger partial charge is 0.388 e. The van der Waals surface area contributed by atoms with Crippen LogP contribution in [0.5, 0.6) is 0 Å². The molecule has 0 fully saturated rings. The van der Waals surface area contributed by atoms with E-state index >= 15 is 0 Å². The maximum Gasteiger partial charge on any atom is 0.210 e. The van der Waals surface area contributed by atoms with E-state index < -0.39 is 9.84 Å². The summed E-state index contributed by atoms with van der Waals surface area (Å²) in [6, 6.07) is 19.4. The molecule has 2 aromatic carbocycles. The Morgan fingerprint density at radius 1 is 1.07 bits per heavy atom. The van der Waals surface area contributed by atoms with Crippen LogP contribution in [0, 0.1) is 11.3 Å². The molecular weight excluding hydrogens is 384 g/mol. The van der Waals surface area contributed by atoms with Gasteiger partial charge in [-0.05, 0) is 42.5 Å². The maximum atomic E-state index is 13.5. The van der Waals surface area contributed by atoms with Crippen LogP contribution in [0.4, 0.5) is 5.69 Å². The summed E-state index contributed by atoms with van der Waals surface area (Å²) >= 11 is 0. The van der Waals surface area contributed by atoms with E-state index in [9.17, 15) is 13.7 Å². The van der Waals surface area contributed by atoms with E-state index in [0.29, 0.717) is 11.9 Å². The third kappa shape index (κ3) is 3.35. The Labute approximate surface area is 169 Å². The lowest BCUT2D eigenvalue weighted by Crippen LogP contribution is -2.04. The van der Waals surface area contributed by atoms with Crippen molar-refractivity contribution >= 4 is 26.4 Å². The Hall–Kier alpha value is -3.63. The van der Waals surface area contributed by atoms with E-state index in [2.05, 4.69) is 10.3 Å². The molecule has 144 valence electrons. The van der Waals surface area contributed by atoms with Crippen LogP contribution in [0.3, 0.4) is 0 Å². The number of fused-ring (bicyclic) bond motifs is 1. The molecule has 0 bridgehead atoms. The molecule has 1 N–H and O–H groups in total. The van der Waals surface area contributed by atoms with E-state index in [4.69, 9.17) is 0 Å². The summed E-state index contributed by atoms with van der Waals surface area (Å²) in [7, 11) is -2.07. The van der Waals surface area contributed by atoms with Gasteiger partial charge in [-0.3, -0.25) is 4.98 Å². The summed E-state index contributed by atoms with van der Waals surface area (Å²) in [6.45, 7) is 0.430. The SMILES string of the molecule is CNc1ccc2c(S(=O)(=O)c3ccccc3C#N)cn(Cc3ccccn3)c2c1. The number of nitrogens with one attached hydrogen (secondary N) is 1. The number of sulfone groups is 1. The van der Waals surface area contributed by atoms with Gasteiger partial charge in [-0.1, -0.05) is 18.2 Å². The van der Waals surface area contributed by atoms with E-state index in [-0.39, 0.29) is 15.4 Å². The highest BCUT2D eigenvalue weighted by molar-refractivity contribution is 7.91. The number of pyridine rings is 1. The van der Waals surface area contributed by atoms with Gasteiger partial charge in [-0.15, -0.1) is 0 Å². The van der Waals surface area contributed by atoms with Gasteiger partial charge >= 0.3 is 0 Å². The topological polar surface area (TPSA) is 87.8 Å². The first-order valence-electron chi connectivity index (χ1n) is 8.99. The molecule has 0 radical (unpaired) electrons. The Morgan fingerprint density at radius 2 is 1.86 bits per heavy atom. The number of hydrogen-bond acceptors (Lipinski definition) is 5. The average molecular weight is 402 g/mol. The minimum Gasteiger partial charge on any atom is -0.388 e. The molecule has 0 amide bonds. The molecule has 0 spiro atoms. The van der Waals surface area contributed by atoms with E-state index in [1.54, 1.807) is 30.6 Å². The van der Waals surface area contributed by atoms with Crippen molar-refractivity contribution in [3.8, 4) is 6.07 Å². The molecule has 6 nitrogen and oxygen atoms in total. The van der Waals surface area contributed by atoms with Gasteiger partial charge in [0.05, 0.1) is 33.1 Å². The van der Waals surface area contributed by atoms with Crippen molar-refractivity contribution < 1.29 is 8.42 Å². The number of aromatic nitrogens is 2. The van der Waals surface area contributed by atoms with E-state index in [1.165, 1.54) is 12.1 Å². The number of rotatable bonds is 5. The molecule has 2 heterocycles. The second kappa shape index (κ2) is 7.41. The van der Waals surface area contributed by atoms with Gasteiger partial charge in [-0.25, -0.2) is 8.42 Å². The zero-order valence-electron chi connectivity index (χ0n) is 15.7. The van der Waals surface area contributed by atoms with Gasteiger partial charge in [0.2, 0.25) is 9.84 Å². The Morgan fingerprint density at radius 3 is 2.59 bits per heavy atom. The van der Waals surface area contributed by atoms with Crippen molar-refractivity contribution in [1.82, 2.24) is 9.55 Å². The van der Waals surface area contributed by atoms with Gasteiger partial charge in [0.25, 0.3) is 0 Å². The fourth-order valence-corrected chi connectivity index (χ4v) is 4.96. The second-order valence-electron chi connectivity index (χ2n) is 6.54. The number of nitriles is 1. The van der Waals surface area contributed by atoms with Crippen LogP contribution < -0.4 is 5.32 Å². The summed E-state index contributed by atoms with van der Waals surface area (Å²) in [5.74, 6) is 0. The molecule has 29 heavy (non-hydrogen) atoms. The standard InChI is InChI=1S/C22H18N4O2S/c1-24-17-9-10-19-20(12-17)26(14-18-7-4-5-11-25-18)15-22(19)29(27,28)21-8-3-2-6-16(21)13-23/h2-12,15,24H,14H2,1H3. The Balaban J connectivity index is 1.94. The zero-order valence-corrected chi connectivity index (χ0v) is 16.5. The first-order valence-corrected chi connectivity index (χ1v) is 10.5. The lowest BCUT2D eigenvalue weighted by Gasteiger charge is -2.06. The summed E-state index contributed by atoms with van der Waals surface area (Å²) in [5.41, 5.74) is 2.60. The quantitative estimate of drug-likeness (QED) is 0.548. The van der Waals surface area contributed by atoms with Gasteiger partial charge < -0.3 is 9.88 Å². The third-order valence-corrected chi connectivity index (χ3v) is 6.62. The first kappa shape index (κ1) is 18.7. The van der Waals surface area contributed by atoms with Gasteiger partial charge in [0, 0.05) is 30.5 Å². The highest BCUT2D eigenvalue weighted by Gasteiger charge is 2.26. The summed E-state index contributed by atoms with van der Waals surface area (Å²) < 4.78 is 28.8. The summed E-state index contributed by atoms with van der Waals surface area (Å²) in [5, 5.41) is 13.1. The molecule has 0 aliphatic rings. The number of benzene rings is 2. The number of hydrogen-bond donors (Lipinski definition) is 1. The van der Waals surface area contributed by atoms with Crippen molar-refractivity contribution in [2.24, 2.45) is 0 Å². The molecule has 2 aromatic heterocycles. The van der Waals surface area contributed by atoms with Crippen LogP contribution in [0.1, 0.15) is 11.3 Å². The van der Waals surface area contributed by atoms with Crippen molar-refractivity contribution in [2.75, 3.05) is 12.4 Å². The molecular formula is C22H18N4O2S. The van der Waals surface area contributed by atoms with Crippen molar-refractivity contribution in [3.63, 3.8) is 0 Å². The van der Waals surface area contributed by atoms with Crippen LogP contribution in [0.25, 0.3) is 10.9 Å². The second-order valence-corrected chi connectivity index (χ2v) is 8.42. The molecule has 0 unspecified atom stereocenters. The fourth-order valence-electron chi connectivity index (χ4n) is 3.34. The molecule has 0 saturated heterocycles. The monoisotopic (exact) mass is 402 g/mol. The summed E-state index contributed by atoms with van der Waals surface area (Å²) in [6.07, 6.45) is 3.34. The summed E-state index contributed by atoms with van der Waals surface area (Å²) in [4.78, 5) is 4.54. The molecule has 0 saturated carbocycles. The number of anilines is 1. The zero-order chi connectivity index (χ0) is 20.4.